The summed E-state index contributed by atoms with van der Waals surface area (Å²) < 4.78 is 5.71. The first kappa shape index (κ1) is 13.7. The van der Waals surface area contributed by atoms with E-state index in [1.54, 1.807) is 0 Å². The maximum absolute atomic E-state index is 5.98. The second-order valence-electron chi connectivity index (χ2n) is 6.48. The van der Waals surface area contributed by atoms with Gasteiger partial charge >= 0.3 is 0 Å². The first-order valence-corrected chi connectivity index (χ1v) is 8.14. The van der Waals surface area contributed by atoms with Crippen molar-refractivity contribution < 1.29 is 9.25 Å². The number of nitrogens with zero attached hydrogens (tertiary/aromatic N) is 1. The van der Waals surface area contributed by atoms with E-state index in [-0.39, 0.29) is 6.04 Å². The van der Waals surface area contributed by atoms with Crippen LogP contribution in [0.3, 0.4) is 0 Å². The Hall–Kier alpha value is -1.94. The fraction of sp³-hybridized carbons (Fsp3) is 0.444. The zero-order valence-electron chi connectivity index (χ0n) is 12.9. The van der Waals surface area contributed by atoms with Crippen LogP contribution < -0.4 is 5.73 Å². The monoisotopic (exact) mass is 298 g/mol. The minimum Gasteiger partial charge on any atom is -0.464 e. The Balaban J connectivity index is 1.71. The fourth-order valence-corrected chi connectivity index (χ4v) is 3.84. The molecule has 4 rings (SSSR count). The number of fused-ring (bicyclic) bond motifs is 1. The number of para-hydroxylation sites is 1. The molecular formula is C18H22N2O2. The van der Waals surface area contributed by atoms with Crippen molar-refractivity contribution >= 4 is 11.0 Å². The lowest BCUT2D eigenvalue weighted by Crippen LogP contribution is -2.41. The van der Waals surface area contributed by atoms with E-state index >= 15 is 0 Å². The van der Waals surface area contributed by atoms with Gasteiger partial charge in [0.05, 0.1) is 12.3 Å². The highest BCUT2D eigenvalue weighted by Gasteiger charge is 2.38. The van der Waals surface area contributed by atoms with Crippen molar-refractivity contribution in [3.8, 4) is 0 Å². The Labute approximate surface area is 130 Å². The molecule has 2 heterocycles. The molecule has 2 aliphatic rings. The normalized spacial score (nSPS) is 29.5. The number of hydrogen-bond donors (Lipinski definition) is 1. The third-order valence-corrected chi connectivity index (χ3v) is 5.03. The Morgan fingerprint density at radius 3 is 2.86 bits per heavy atom. The van der Waals surface area contributed by atoms with Gasteiger partial charge in [0.2, 0.25) is 5.88 Å². The molecule has 2 aromatic rings. The number of rotatable bonds is 2. The molecule has 116 valence electrons. The van der Waals surface area contributed by atoms with Crippen LogP contribution in [0.25, 0.3) is 11.0 Å². The van der Waals surface area contributed by atoms with Crippen LogP contribution in [0.4, 0.5) is 0 Å². The summed E-state index contributed by atoms with van der Waals surface area (Å²) in [7, 11) is 0. The summed E-state index contributed by atoms with van der Waals surface area (Å²) in [6.07, 6.45) is 8.83. The fourth-order valence-electron chi connectivity index (χ4n) is 3.84. The van der Waals surface area contributed by atoms with Crippen molar-refractivity contribution in [1.82, 2.24) is 5.06 Å². The number of furan rings is 1. The van der Waals surface area contributed by atoms with Crippen molar-refractivity contribution in [2.75, 3.05) is 0 Å². The van der Waals surface area contributed by atoms with Gasteiger partial charge in [0.1, 0.15) is 5.58 Å². The average molecular weight is 298 g/mol. The molecule has 0 saturated heterocycles. The molecule has 0 bridgehead atoms. The van der Waals surface area contributed by atoms with Crippen molar-refractivity contribution in [3.63, 3.8) is 0 Å². The maximum Gasteiger partial charge on any atom is 0.207 e. The SMILES string of the molecule is CC1CCCCC1N1OC(N)=CC1c1coc2ccccc12. The van der Waals surface area contributed by atoms with Gasteiger partial charge in [-0.3, -0.25) is 0 Å². The lowest BCUT2D eigenvalue weighted by molar-refractivity contribution is -0.170. The average Bonchev–Trinajstić information content (AvgIpc) is 3.11. The van der Waals surface area contributed by atoms with Crippen LogP contribution in [0.5, 0.6) is 0 Å². The molecule has 0 spiro atoms. The van der Waals surface area contributed by atoms with Crippen molar-refractivity contribution in [3.05, 3.63) is 48.1 Å². The van der Waals surface area contributed by atoms with E-state index in [2.05, 4.69) is 18.1 Å². The number of hydrogen-bond acceptors (Lipinski definition) is 4. The van der Waals surface area contributed by atoms with E-state index in [9.17, 15) is 0 Å². The second kappa shape index (κ2) is 5.36. The molecule has 22 heavy (non-hydrogen) atoms. The highest BCUT2D eigenvalue weighted by Crippen LogP contribution is 2.40. The summed E-state index contributed by atoms with van der Waals surface area (Å²) in [5.41, 5.74) is 8.03. The summed E-state index contributed by atoms with van der Waals surface area (Å²) in [4.78, 5) is 5.89. The van der Waals surface area contributed by atoms with Gasteiger partial charge in [-0.25, -0.2) is 0 Å². The molecule has 1 aromatic heterocycles. The molecular weight excluding hydrogens is 276 g/mol. The molecule has 1 aliphatic carbocycles. The predicted octanol–water partition coefficient (Wildman–Crippen LogP) is 4.10. The van der Waals surface area contributed by atoms with Crippen molar-refractivity contribution in [2.45, 2.75) is 44.7 Å². The molecule has 0 amide bonds. The van der Waals surface area contributed by atoms with Gasteiger partial charge in [0.15, 0.2) is 0 Å². The number of nitrogens with two attached hydrogens (primary N) is 1. The van der Waals surface area contributed by atoms with Crippen LogP contribution in [-0.4, -0.2) is 11.1 Å². The van der Waals surface area contributed by atoms with E-state index in [0.717, 1.165) is 23.0 Å². The Morgan fingerprint density at radius 2 is 2.00 bits per heavy atom. The molecule has 3 unspecified atom stereocenters. The van der Waals surface area contributed by atoms with E-state index in [0.29, 0.717) is 17.8 Å². The zero-order valence-corrected chi connectivity index (χ0v) is 12.9. The Bertz CT molecular complexity index is 706. The standard InChI is InChI=1S/C18H22N2O2/c1-12-6-2-4-8-15(12)20-16(10-18(19)22-20)14-11-21-17-9-5-3-7-13(14)17/h3,5,7,9-12,15-16H,2,4,6,8,19H2,1H3. The van der Waals surface area contributed by atoms with Crippen LogP contribution >= 0.6 is 0 Å². The highest BCUT2D eigenvalue weighted by atomic mass is 16.7. The topological polar surface area (TPSA) is 51.6 Å². The molecule has 1 aromatic carbocycles. The van der Waals surface area contributed by atoms with Crippen LogP contribution in [0.15, 0.2) is 46.9 Å². The van der Waals surface area contributed by atoms with Crippen LogP contribution in [-0.2, 0) is 4.84 Å². The third-order valence-electron chi connectivity index (χ3n) is 5.03. The Morgan fingerprint density at radius 1 is 1.18 bits per heavy atom. The summed E-state index contributed by atoms with van der Waals surface area (Å²) in [5, 5.41) is 3.23. The quantitative estimate of drug-likeness (QED) is 0.907. The van der Waals surface area contributed by atoms with E-state index in [1.165, 1.54) is 19.3 Å². The third kappa shape index (κ3) is 2.18. The maximum atomic E-state index is 5.98. The van der Waals surface area contributed by atoms with Crippen molar-refractivity contribution in [1.29, 1.82) is 0 Å². The van der Waals surface area contributed by atoms with Gasteiger partial charge in [0, 0.05) is 23.1 Å². The summed E-state index contributed by atoms with van der Waals surface area (Å²) in [6.45, 7) is 2.31. The van der Waals surface area contributed by atoms with Gasteiger partial charge in [0.25, 0.3) is 0 Å². The minimum absolute atomic E-state index is 0.0363. The molecule has 1 saturated carbocycles. The summed E-state index contributed by atoms with van der Waals surface area (Å²) in [6, 6.07) is 8.57. The number of benzene rings is 1. The Kier molecular flexibility index (Phi) is 3.34. The first-order chi connectivity index (χ1) is 10.7. The molecule has 4 heteroatoms. The molecule has 3 atom stereocenters. The van der Waals surface area contributed by atoms with Crippen LogP contribution in [0, 0.1) is 5.92 Å². The summed E-state index contributed by atoms with van der Waals surface area (Å²) >= 11 is 0. The molecule has 0 radical (unpaired) electrons. The highest BCUT2D eigenvalue weighted by molar-refractivity contribution is 5.81. The smallest absolute Gasteiger partial charge is 0.207 e. The lowest BCUT2D eigenvalue weighted by atomic mass is 9.85. The number of hydroxylamine groups is 2. The van der Waals surface area contributed by atoms with Gasteiger partial charge in [-0.2, -0.15) is 0 Å². The molecule has 2 N–H and O–H groups in total. The molecule has 1 fully saturated rings. The van der Waals surface area contributed by atoms with Crippen LogP contribution in [0.2, 0.25) is 0 Å². The predicted molar refractivity (Wildman–Crippen MR) is 85.6 cm³/mol. The van der Waals surface area contributed by atoms with Crippen molar-refractivity contribution in [2.24, 2.45) is 11.7 Å². The molecule has 1 aliphatic heterocycles. The van der Waals surface area contributed by atoms with E-state index in [4.69, 9.17) is 15.0 Å². The first-order valence-electron chi connectivity index (χ1n) is 8.14. The van der Waals surface area contributed by atoms with E-state index < -0.39 is 0 Å². The van der Waals surface area contributed by atoms with Gasteiger partial charge < -0.3 is 15.0 Å². The minimum atomic E-state index is 0.0363. The van der Waals surface area contributed by atoms with Gasteiger partial charge in [-0.05, 0) is 24.8 Å². The van der Waals surface area contributed by atoms with Crippen LogP contribution in [0.1, 0.15) is 44.2 Å². The van der Waals surface area contributed by atoms with Gasteiger partial charge in [-0.15, -0.1) is 5.06 Å². The summed E-state index contributed by atoms with van der Waals surface area (Å²) in [5.74, 6) is 1.11. The van der Waals surface area contributed by atoms with E-state index in [1.807, 2.05) is 30.5 Å². The molecule has 4 nitrogen and oxygen atoms in total. The largest absolute Gasteiger partial charge is 0.464 e. The second-order valence-corrected chi connectivity index (χ2v) is 6.48. The zero-order chi connectivity index (χ0) is 15.1. The lowest BCUT2D eigenvalue weighted by Gasteiger charge is -2.37. The van der Waals surface area contributed by atoms with Gasteiger partial charge in [-0.1, -0.05) is 38.0 Å².